The molecule has 1 saturated heterocycles. The molecule has 0 unspecified atom stereocenters. The van der Waals surface area contributed by atoms with E-state index in [1.54, 1.807) is 12.1 Å². The molecule has 148 valence electrons. The highest BCUT2D eigenvalue weighted by Gasteiger charge is 2.61. The van der Waals surface area contributed by atoms with Crippen molar-refractivity contribution in [3.05, 3.63) is 65.7 Å². The molecule has 5 rings (SSSR count). The maximum absolute atomic E-state index is 12.7. The van der Waals surface area contributed by atoms with Crippen molar-refractivity contribution in [2.75, 3.05) is 6.54 Å². The van der Waals surface area contributed by atoms with E-state index in [4.69, 9.17) is 4.74 Å². The molecule has 5 heteroatoms. The van der Waals surface area contributed by atoms with E-state index < -0.39 is 5.97 Å². The number of benzene rings is 2. The standard InChI is InChI=1S/C24H23NO4/c26-20(14-25-23(27)21-17-8-9-18(13-17)22(21)24(25)28)29-19-10-6-16(7-11-19)12-15-4-2-1-3-5-15/h1-7,10-11,17-18,21-22H,8-9,12-14H2/t17-,18+,21-,22+. The number of esters is 1. The van der Waals surface area contributed by atoms with E-state index in [1.807, 2.05) is 30.3 Å². The van der Waals surface area contributed by atoms with Gasteiger partial charge in [0.2, 0.25) is 11.8 Å². The highest BCUT2D eigenvalue weighted by molar-refractivity contribution is 6.07. The van der Waals surface area contributed by atoms with Gasteiger partial charge in [0.05, 0.1) is 11.8 Å². The zero-order valence-corrected chi connectivity index (χ0v) is 16.1. The summed E-state index contributed by atoms with van der Waals surface area (Å²) in [5, 5.41) is 0. The molecule has 5 nitrogen and oxygen atoms in total. The third-order valence-electron chi connectivity index (χ3n) is 6.71. The zero-order valence-electron chi connectivity index (χ0n) is 16.1. The van der Waals surface area contributed by atoms with Crippen LogP contribution in [0.5, 0.6) is 5.75 Å². The Morgan fingerprint density at radius 1 is 0.862 bits per heavy atom. The van der Waals surface area contributed by atoms with Crippen molar-refractivity contribution in [1.82, 2.24) is 4.90 Å². The van der Waals surface area contributed by atoms with Crippen LogP contribution < -0.4 is 4.74 Å². The summed E-state index contributed by atoms with van der Waals surface area (Å²) in [4.78, 5) is 38.9. The Bertz CT molecular complexity index is 925. The van der Waals surface area contributed by atoms with Gasteiger partial charge >= 0.3 is 5.97 Å². The normalized spacial score (nSPS) is 27.4. The second-order valence-corrected chi connectivity index (χ2v) is 8.43. The summed E-state index contributed by atoms with van der Waals surface area (Å²) >= 11 is 0. The summed E-state index contributed by atoms with van der Waals surface area (Å²) in [7, 11) is 0. The number of carbonyl (C=O) groups is 3. The van der Waals surface area contributed by atoms with Gasteiger partial charge < -0.3 is 4.74 Å². The van der Waals surface area contributed by atoms with Crippen molar-refractivity contribution < 1.29 is 19.1 Å². The minimum absolute atomic E-state index is 0.178. The van der Waals surface area contributed by atoms with Crippen molar-refractivity contribution >= 4 is 17.8 Å². The van der Waals surface area contributed by atoms with Crippen molar-refractivity contribution in [2.24, 2.45) is 23.7 Å². The van der Waals surface area contributed by atoms with E-state index in [-0.39, 0.29) is 30.2 Å². The largest absolute Gasteiger partial charge is 0.425 e. The Balaban J connectivity index is 1.20. The van der Waals surface area contributed by atoms with Gasteiger partial charge in [-0.15, -0.1) is 0 Å². The van der Waals surface area contributed by atoms with E-state index in [2.05, 4.69) is 12.1 Å². The molecule has 1 aliphatic heterocycles. The van der Waals surface area contributed by atoms with Gasteiger partial charge in [-0.05, 0) is 60.8 Å². The first-order valence-electron chi connectivity index (χ1n) is 10.3. The monoisotopic (exact) mass is 389 g/mol. The molecule has 1 heterocycles. The lowest BCUT2D eigenvalue weighted by molar-refractivity contribution is -0.148. The number of rotatable bonds is 5. The van der Waals surface area contributed by atoms with Crippen LogP contribution in [0.3, 0.4) is 0 Å². The van der Waals surface area contributed by atoms with Gasteiger partial charge in [0.25, 0.3) is 0 Å². The average Bonchev–Trinajstić information content (AvgIpc) is 3.40. The van der Waals surface area contributed by atoms with Crippen LogP contribution in [0.25, 0.3) is 0 Å². The van der Waals surface area contributed by atoms with Gasteiger partial charge in [-0.2, -0.15) is 0 Å². The highest BCUT2D eigenvalue weighted by Crippen LogP contribution is 2.56. The Morgan fingerprint density at radius 2 is 1.45 bits per heavy atom. The number of ether oxygens (including phenoxy) is 1. The van der Waals surface area contributed by atoms with Crippen molar-refractivity contribution in [3.63, 3.8) is 0 Å². The molecule has 2 aromatic carbocycles. The van der Waals surface area contributed by atoms with E-state index in [0.29, 0.717) is 17.6 Å². The summed E-state index contributed by atoms with van der Waals surface area (Å²) in [6.07, 6.45) is 3.84. The topological polar surface area (TPSA) is 63.7 Å². The molecule has 29 heavy (non-hydrogen) atoms. The lowest BCUT2D eigenvalue weighted by atomic mass is 9.81. The van der Waals surface area contributed by atoms with Crippen LogP contribution in [-0.4, -0.2) is 29.2 Å². The minimum Gasteiger partial charge on any atom is -0.425 e. The number of hydrogen-bond acceptors (Lipinski definition) is 4. The van der Waals surface area contributed by atoms with Gasteiger partial charge in [-0.25, -0.2) is 4.79 Å². The fourth-order valence-corrected chi connectivity index (χ4v) is 5.43. The predicted molar refractivity (Wildman–Crippen MR) is 106 cm³/mol. The SMILES string of the molecule is O=C(CN1C(=O)[C@@H]2[C@@H]3CC[C@@H](C3)[C@@H]2C1=O)Oc1ccc(Cc2ccccc2)cc1. The second kappa shape index (κ2) is 7.14. The van der Waals surface area contributed by atoms with Crippen molar-refractivity contribution in [3.8, 4) is 5.75 Å². The molecule has 2 bridgehead atoms. The third-order valence-corrected chi connectivity index (χ3v) is 6.71. The first kappa shape index (κ1) is 18.1. The summed E-state index contributed by atoms with van der Waals surface area (Å²) in [5.74, 6) is -0.275. The number of imide groups is 1. The third kappa shape index (κ3) is 3.24. The number of hydrogen-bond donors (Lipinski definition) is 0. The molecule has 3 fully saturated rings. The van der Waals surface area contributed by atoms with Crippen LogP contribution in [0.1, 0.15) is 30.4 Å². The van der Waals surface area contributed by atoms with E-state index in [9.17, 15) is 14.4 Å². The maximum Gasteiger partial charge on any atom is 0.331 e. The second-order valence-electron chi connectivity index (χ2n) is 8.43. The first-order chi connectivity index (χ1) is 14.1. The van der Waals surface area contributed by atoms with Crippen LogP contribution in [0.4, 0.5) is 0 Å². The highest BCUT2D eigenvalue weighted by atomic mass is 16.5. The zero-order chi connectivity index (χ0) is 20.0. The van der Waals surface area contributed by atoms with Crippen molar-refractivity contribution in [1.29, 1.82) is 0 Å². The molecule has 0 radical (unpaired) electrons. The fraction of sp³-hybridized carbons (Fsp3) is 0.375. The fourth-order valence-electron chi connectivity index (χ4n) is 5.43. The molecule has 0 spiro atoms. The van der Waals surface area contributed by atoms with Gasteiger partial charge in [-0.3, -0.25) is 14.5 Å². The van der Waals surface area contributed by atoms with Crippen LogP contribution in [0, 0.1) is 23.7 Å². The number of nitrogens with zero attached hydrogens (tertiary/aromatic N) is 1. The minimum atomic E-state index is -0.574. The number of carbonyl (C=O) groups excluding carboxylic acids is 3. The van der Waals surface area contributed by atoms with Crippen LogP contribution in [-0.2, 0) is 20.8 Å². The van der Waals surface area contributed by atoms with Gasteiger partial charge in [0, 0.05) is 0 Å². The van der Waals surface area contributed by atoms with Gasteiger partial charge in [0.15, 0.2) is 0 Å². The summed E-state index contributed by atoms with van der Waals surface area (Å²) in [5.41, 5.74) is 2.33. The molecule has 0 aromatic heterocycles. The van der Waals surface area contributed by atoms with Crippen LogP contribution in [0.2, 0.25) is 0 Å². The summed E-state index contributed by atoms with van der Waals surface area (Å²) in [6.45, 7) is -0.296. The Morgan fingerprint density at radius 3 is 2.07 bits per heavy atom. The Labute approximate surface area is 169 Å². The number of likely N-dealkylation sites (tertiary alicyclic amines) is 1. The van der Waals surface area contributed by atoms with Gasteiger partial charge in [-0.1, -0.05) is 42.5 Å². The molecular formula is C24H23NO4. The Hall–Kier alpha value is -2.95. The quantitative estimate of drug-likeness (QED) is 0.448. The van der Waals surface area contributed by atoms with Crippen LogP contribution >= 0.6 is 0 Å². The van der Waals surface area contributed by atoms with E-state index in [1.165, 1.54) is 5.56 Å². The number of fused-ring (bicyclic) bond motifs is 5. The molecule has 4 atom stereocenters. The summed E-state index contributed by atoms with van der Waals surface area (Å²) < 4.78 is 5.38. The smallest absolute Gasteiger partial charge is 0.331 e. The summed E-state index contributed by atoms with van der Waals surface area (Å²) in [6, 6.07) is 17.5. The molecular weight excluding hydrogens is 366 g/mol. The number of amides is 2. The Kier molecular flexibility index (Phi) is 4.46. The lowest BCUT2D eigenvalue weighted by Gasteiger charge is -2.19. The lowest BCUT2D eigenvalue weighted by Crippen LogP contribution is -2.38. The van der Waals surface area contributed by atoms with E-state index in [0.717, 1.165) is 36.1 Å². The average molecular weight is 389 g/mol. The van der Waals surface area contributed by atoms with E-state index >= 15 is 0 Å². The predicted octanol–water partition coefficient (Wildman–Crippen LogP) is 3.21. The maximum atomic E-state index is 12.7. The van der Waals surface area contributed by atoms with Crippen LogP contribution in [0.15, 0.2) is 54.6 Å². The molecule has 2 aromatic rings. The first-order valence-corrected chi connectivity index (χ1v) is 10.3. The molecule has 2 amide bonds. The van der Waals surface area contributed by atoms with Gasteiger partial charge in [0.1, 0.15) is 12.3 Å². The molecule has 2 saturated carbocycles. The molecule has 0 N–H and O–H groups in total. The van der Waals surface area contributed by atoms with Crippen molar-refractivity contribution in [2.45, 2.75) is 25.7 Å². The molecule has 3 aliphatic rings. The molecule has 2 aliphatic carbocycles.